The number of fused-ring (bicyclic) bond motifs is 1. The van der Waals surface area contributed by atoms with Crippen LogP contribution >= 0.6 is 0 Å². The third-order valence-corrected chi connectivity index (χ3v) is 6.34. The van der Waals surface area contributed by atoms with Crippen molar-refractivity contribution in [2.24, 2.45) is 11.8 Å². The fraction of sp³-hybridized carbons (Fsp3) is 0.222. The summed E-state index contributed by atoms with van der Waals surface area (Å²) in [6.45, 7) is 2.00. The summed E-state index contributed by atoms with van der Waals surface area (Å²) in [7, 11) is 0. The summed E-state index contributed by atoms with van der Waals surface area (Å²) < 4.78 is 5.88. The van der Waals surface area contributed by atoms with Crippen molar-refractivity contribution in [2.45, 2.75) is 26.2 Å². The van der Waals surface area contributed by atoms with E-state index in [9.17, 15) is 14.7 Å². The second kappa shape index (κ2) is 8.54. The molecule has 0 radical (unpaired) electrons. The van der Waals surface area contributed by atoms with Gasteiger partial charge in [-0.3, -0.25) is 9.59 Å². The molecule has 3 aromatic carbocycles. The number of aromatic nitrogens is 1. The van der Waals surface area contributed by atoms with Crippen molar-refractivity contribution in [3.8, 4) is 11.1 Å². The summed E-state index contributed by atoms with van der Waals surface area (Å²) >= 11 is 0. The van der Waals surface area contributed by atoms with Crippen LogP contribution < -0.4 is 5.32 Å². The number of carbonyl (C=O) groups is 2. The molecule has 0 bridgehead atoms. The molecule has 6 nitrogen and oxygen atoms in total. The van der Waals surface area contributed by atoms with Crippen LogP contribution in [0.25, 0.3) is 22.2 Å². The Labute approximate surface area is 191 Å². The molecule has 1 aliphatic carbocycles. The Morgan fingerprint density at radius 3 is 2.58 bits per heavy atom. The number of benzene rings is 3. The van der Waals surface area contributed by atoms with Gasteiger partial charge in [0.15, 0.2) is 11.4 Å². The monoisotopic (exact) mass is 440 g/mol. The molecule has 0 amide bonds. The number of nitrogens with one attached hydrogen (secondary N) is 1. The standard InChI is InChI=1S/C27H24N2O4/c1-16-10-13-24-23(14-16)29-27(33-24)28-22-15-18(11-12-19(22)17-6-3-2-4-7-17)25(30)20-8-5-9-21(20)26(31)32/h2-4,6-7,10-15,20-21H,5,8-9H2,1H3,(H,28,29)(H,31,32)/t20-,21-/m1/s1. The summed E-state index contributed by atoms with van der Waals surface area (Å²) in [5, 5.41) is 12.8. The minimum absolute atomic E-state index is 0.129. The molecule has 1 aliphatic rings. The van der Waals surface area contributed by atoms with Gasteiger partial charge in [-0.2, -0.15) is 4.98 Å². The fourth-order valence-corrected chi connectivity index (χ4v) is 4.66. The number of ketones is 1. The Morgan fingerprint density at radius 1 is 1.00 bits per heavy atom. The number of carboxylic acid groups (broad SMARTS) is 1. The molecule has 4 aromatic rings. The summed E-state index contributed by atoms with van der Waals surface area (Å²) in [6.07, 6.45) is 1.90. The molecule has 1 aromatic heterocycles. The fourth-order valence-electron chi connectivity index (χ4n) is 4.66. The summed E-state index contributed by atoms with van der Waals surface area (Å²) in [5.41, 5.74) is 5.56. The average molecular weight is 440 g/mol. The number of aliphatic carboxylic acids is 1. The lowest BCUT2D eigenvalue weighted by molar-refractivity contribution is -0.142. The van der Waals surface area contributed by atoms with Crippen LogP contribution in [0, 0.1) is 18.8 Å². The maximum Gasteiger partial charge on any atom is 0.307 e. The zero-order valence-corrected chi connectivity index (χ0v) is 18.2. The molecule has 1 heterocycles. The molecule has 2 N–H and O–H groups in total. The van der Waals surface area contributed by atoms with Gasteiger partial charge in [-0.1, -0.05) is 55.0 Å². The highest BCUT2D eigenvalue weighted by Crippen LogP contribution is 2.37. The molecule has 0 spiro atoms. The van der Waals surface area contributed by atoms with Gasteiger partial charge in [0, 0.05) is 17.0 Å². The van der Waals surface area contributed by atoms with Crippen LogP contribution in [0.1, 0.15) is 35.2 Å². The number of oxazole rings is 1. The van der Waals surface area contributed by atoms with Crippen LogP contribution in [-0.2, 0) is 4.79 Å². The van der Waals surface area contributed by atoms with Crippen molar-refractivity contribution in [3.05, 3.63) is 77.9 Å². The average Bonchev–Trinajstić information content (AvgIpc) is 3.46. The minimum atomic E-state index is -0.896. The van der Waals surface area contributed by atoms with Gasteiger partial charge in [0.1, 0.15) is 5.52 Å². The number of hydrogen-bond acceptors (Lipinski definition) is 5. The van der Waals surface area contributed by atoms with Crippen LogP contribution in [0.2, 0.25) is 0 Å². The van der Waals surface area contributed by atoms with E-state index in [2.05, 4.69) is 10.3 Å². The first-order valence-electron chi connectivity index (χ1n) is 11.1. The summed E-state index contributed by atoms with van der Waals surface area (Å²) in [6, 6.07) is 21.4. The van der Waals surface area contributed by atoms with E-state index in [-0.39, 0.29) is 5.78 Å². The second-order valence-corrected chi connectivity index (χ2v) is 8.59. The van der Waals surface area contributed by atoms with E-state index >= 15 is 0 Å². The van der Waals surface area contributed by atoms with Crippen LogP contribution in [0.4, 0.5) is 11.7 Å². The molecule has 0 saturated heterocycles. The van der Waals surface area contributed by atoms with Crippen molar-refractivity contribution < 1.29 is 19.1 Å². The molecular formula is C27H24N2O4. The number of aryl methyl sites for hydroxylation is 1. The number of hydrogen-bond donors (Lipinski definition) is 2. The highest BCUT2D eigenvalue weighted by molar-refractivity contribution is 6.02. The predicted octanol–water partition coefficient (Wildman–Crippen LogP) is 6.23. The van der Waals surface area contributed by atoms with Gasteiger partial charge in [-0.05, 0) is 49.1 Å². The van der Waals surface area contributed by atoms with Crippen molar-refractivity contribution in [2.75, 3.05) is 5.32 Å². The number of Topliss-reactive ketones (excluding diaryl/α,β-unsaturated/α-hetero) is 1. The topological polar surface area (TPSA) is 92.4 Å². The first kappa shape index (κ1) is 20.9. The zero-order chi connectivity index (χ0) is 22.9. The number of anilines is 2. The van der Waals surface area contributed by atoms with E-state index in [1.54, 1.807) is 12.1 Å². The van der Waals surface area contributed by atoms with Crippen molar-refractivity contribution >= 4 is 34.6 Å². The van der Waals surface area contributed by atoms with Gasteiger partial charge in [0.25, 0.3) is 6.01 Å². The first-order valence-corrected chi connectivity index (χ1v) is 11.1. The maximum atomic E-state index is 13.3. The normalized spacial score (nSPS) is 17.8. The molecule has 0 aliphatic heterocycles. The summed E-state index contributed by atoms with van der Waals surface area (Å²) in [4.78, 5) is 29.4. The molecule has 1 saturated carbocycles. The van der Waals surface area contributed by atoms with E-state index in [4.69, 9.17) is 4.42 Å². The third kappa shape index (κ3) is 4.12. The minimum Gasteiger partial charge on any atom is -0.481 e. The second-order valence-electron chi connectivity index (χ2n) is 8.59. The molecule has 166 valence electrons. The van der Waals surface area contributed by atoms with Gasteiger partial charge in [0.2, 0.25) is 0 Å². The maximum absolute atomic E-state index is 13.3. The largest absolute Gasteiger partial charge is 0.481 e. The molecule has 6 heteroatoms. The van der Waals surface area contributed by atoms with Gasteiger partial charge in [0.05, 0.1) is 11.6 Å². The Kier molecular flexibility index (Phi) is 5.42. The number of rotatable bonds is 6. The molecule has 33 heavy (non-hydrogen) atoms. The van der Waals surface area contributed by atoms with E-state index in [1.165, 1.54) is 0 Å². The van der Waals surface area contributed by atoms with Gasteiger partial charge >= 0.3 is 5.97 Å². The Morgan fingerprint density at radius 2 is 1.79 bits per heavy atom. The van der Waals surface area contributed by atoms with Crippen LogP contribution in [-0.4, -0.2) is 21.8 Å². The Balaban J connectivity index is 1.54. The van der Waals surface area contributed by atoms with Crippen LogP contribution in [0.15, 0.2) is 71.1 Å². The van der Waals surface area contributed by atoms with E-state index < -0.39 is 17.8 Å². The number of carbonyl (C=O) groups excluding carboxylic acids is 1. The van der Waals surface area contributed by atoms with E-state index in [0.29, 0.717) is 35.7 Å². The molecule has 0 unspecified atom stereocenters. The van der Waals surface area contributed by atoms with Gasteiger partial charge in [-0.15, -0.1) is 0 Å². The molecular weight excluding hydrogens is 416 g/mol. The Bertz CT molecular complexity index is 1340. The lowest BCUT2D eigenvalue weighted by Gasteiger charge is -2.17. The van der Waals surface area contributed by atoms with Gasteiger partial charge < -0.3 is 14.8 Å². The lowest BCUT2D eigenvalue weighted by Crippen LogP contribution is -2.25. The highest BCUT2D eigenvalue weighted by atomic mass is 16.4. The first-order chi connectivity index (χ1) is 16.0. The van der Waals surface area contributed by atoms with Crippen molar-refractivity contribution in [1.82, 2.24) is 4.98 Å². The molecule has 2 atom stereocenters. The number of nitrogens with zero attached hydrogens (tertiary/aromatic N) is 1. The van der Waals surface area contributed by atoms with E-state index in [0.717, 1.165) is 28.6 Å². The molecule has 1 fully saturated rings. The van der Waals surface area contributed by atoms with Crippen molar-refractivity contribution in [1.29, 1.82) is 0 Å². The van der Waals surface area contributed by atoms with Crippen molar-refractivity contribution in [3.63, 3.8) is 0 Å². The van der Waals surface area contributed by atoms with Crippen LogP contribution in [0.5, 0.6) is 0 Å². The Hall–Kier alpha value is -3.93. The van der Waals surface area contributed by atoms with Gasteiger partial charge in [-0.25, -0.2) is 0 Å². The quantitative estimate of drug-likeness (QED) is 0.345. The molecule has 5 rings (SSSR count). The SMILES string of the molecule is Cc1ccc2oc(Nc3cc(C(=O)[C@@H]4CCC[C@H]4C(=O)O)ccc3-c3ccccc3)nc2c1. The predicted molar refractivity (Wildman–Crippen MR) is 127 cm³/mol. The summed E-state index contributed by atoms with van der Waals surface area (Å²) in [5.74, 6) is -2.14. The zero-order valence-electron chi connectivity index (χ0n) is 18.2. The third-order valence-electron chi connectivity index (χ3n) is 6.34. The highest BCUT2D eigenvalue weighted by Gasteiger charge is 2.38. The number of carboxylic acids is 1. The van der Waals surface area contributed by atoms with E-state index in [1.807, 2.05) is 61.5 Å². The lowest BCUT2D eigenvalue weighted by atomic mass is 9.87. The van der Waals surface area contributed by atoms with Crippen LogP contribution in [0.3, 0.4) is 0 Å². The smallest absolute Gasteiger partial charge is 0.307 e.